The fraction of sp³-hybridized carbons (Fsp3) is 0.676. The molecule has 0 amide bonds. The molecule has 0 radical (unpaired) electrons. The molecule has 1 aromatic heterocycles. The number of sulfone groups is 1. The molecule has 0 bridgehead atoms. The number of piperidine rings is 1. The summed E-state index contributed by atoms with van der Waals surface area (Å²) in [5, 5.41) is 0. The first-order valence-electron chi connectivity index (χ1n) is 16.2. The Morgan fingerprint density at radius 3 is 1.44 bits per heavy atom. The van der Waals surface area contributed by atoms with Crippen molar-refractivity contribution in [3.05, 3.63) is 66.0 Å². The molecule has 0 unspecified atom stereocenters. The van der Waals surface area contributed by atoms with Gasteiger partial charge in [-0.15, -0.1) is 0 Å². The molecule has 0 atom stereocenters. The standard InChI is InChI=1S/C7H8.C6H13N.C6H7N.C5H11NO2S.C5H11NOS.C5H11NS/c2*1-7-5-3-2-4-6-7;1-6-4-2-3-5-7-6;1-6-2-4-9(7,8)5-3-6;1-6-2-4-8(7)5-3-6;1-6-2-4-7-5-3-6/h2-6H,1H3;2-6H2,1H3;2-5H,1H3;2-5H2,1H3;2-5H2,1H3;2-5H2,1H3. The van der Waals surface area contributed by atoms with Gasteiger partial charge < -0.3 is 19.6 Å². The average molecular weight is 684 g/mol. The smallest absolute Gasteiger partial charge is 0.152 e. The van der Waals surface area contributed by atoms with Crippen LogP contribution in [0.4, 0.5) is 0 Å². The minimum Gasteiger partial charge on any atom is -0.306 e. The highest BCUT2D eigenvalue weighted by Crippen LogP contribution is 2.06. The van der Waals surface area contributed by atoms with Crippen molar-refractivity contribution < 1.29 is 12.6 Å². The van der Waals surface area contributed by atoms with Gasteiger partial charge in [0.25, 0.3) is 0 Å². The van der Waals surface area contributed by atoms with E-state index in [1.165, 1.54) is 62.5 Å². The third kappa shape index (κ3) is 25.4. The van der Waals surface area contributed by atoms with Crippen LogP contribution in [0.25, 0.3) is 0 Å². The fourth-order valence-electron chi connectivity index (χ4n) is 4.22. The van der Waals surface area contributed by atoms with Gasteiger partial charge in [-0.25, -0.2) is 8.42 Å². The predicted molar refractivity (Wildman–Crippen MR) is 198 cm³/mol. The Hall–Kier alpha value is -1.34. The van der Waals surface area contributed by atoms with Crippen molar-refractivity contribution in [2.75, 3.05) is 115 Å². The molecule has 1 aromatic carbocycles. The molecular formula is C34H61N5O3S3. The van der Waals surface area contributed by atoms with E-state index in [1.54, 1.807) is 6.20 Å². The maximum absolute atomic E-state index is 10.8. The summed E-state index contributed by atoms with van der Waals surface area (Å²) in [5.74, 6) is 5.08. The van der Waals surface area contributed by atoms with Gasteiger partial charge >= 0.3 is 0 Å². The third-order valence-electron chi connectivity index (χ3n) is 7.54. The molecule has 4 saturated heterocycles. The lowest BCUT2D eigenvalue weighted by molar-refractivity contribution is 0.277. The van der Waals surface area contributed by atoms with Gasteiger partial charge in [-0.2, -0.15) is 11.8 Å². The minimum absolute atomic E-state index is 0.337. The van der Waals surface area contributed by atoms with Crippen LogP contribution in [0.3, 0.4) is 0 Å². The van der Waals surface area contributed by atoms with Crippen LogP contribution < -0.4 is 0 Å². The third-order valence-corrected chi connectivity index (χ3v) is 11.4. The molecule has 2 aromatic rings. The molecule has 0 saturated carbocycles. The van der Waals surface area contributed by atoms with Crippen molar-refractivity contribution >= 4 is 32.4 Å². The van der Waals surface area contributed by atoms with E-state index in [1.807, 2.05) is 55.3 Å². The number of aryl methyl sites for hydroxylation is 2. The lowest BCUT2D eigenvalue weighted by Gasteiger charge is -2.21. The molecule has 45 heavy (non-hydrogen) atoms. The van der Waals surface area contributed by atoms with E-state index in [0.29, 0.717) is 24.6 Å². The highest BCUT2D eigenvalue weighted by molar-refractivity contribution is 7.99. The van der Waals surface area contributed by atoms with Crippen molar-refractivity contribution in [3.8, 4) is 0 Å². The normalized spacial score (nSPS) is 20.8. The van der Waals surface area contributed by atoms with Crippen molar-refractivity contribution in [2.24, 2.45) is 0 Å². The van der Waals surface area contributed by atoms with Crippen LogP contribution in [-0.2, 0) is 20.6 Å². The van der Waals surface area contributed by atoms with Crippen LogP contribution in [0.2, 0.25) is 0 Å². The minimum atomic E-state index is -2.66. The predicted octanol–water partition coefficient (Wildman–Crippen LogP) is 4.18. The summed E-state index contributed by atoms with van der Waals surface area (Å²) in [7, 11) is 5.22. The SMILES string of the molecule is CN1CCCCC1.CN1CCS(=O)(=O)CC1.CN1CCS(=O)CC1.CN1CCSCC1.Cc1ccccc1.Cc1ccccn1. The second-order valence-electron chi connectivity index (χ2n) is 12.0. The summed E-state index contributed by atoms with van der Waals surface area (Å²) in [6.07, 6.45) is 6.06. The van der Waals surface area contributed by atoms with Gasteiger partial charge in [-0.1, -0.05) is 48.4 Å². The number of rotatable bonds is 0. The molecule has 258 valence electrons. The summed E-state index contributed by atoms with van der Waals surface area (Å²) in [6, 6.07) is 16.1. The van der Waals surface area contributed by atoms with Crippen LogP contribution in [0.15, 0.2) is 54.7 Å². The number of likely N-dealkylation sites (tertiary alicyclic amines) is 1. The monoisotopic (exact) mass is 683 g/mol. The zero-order valence-electron chi connectivity index (χ0n) is 28.9. The largest absolute Gasteiger partial charge is 0.306 e. The van der Waals surface area contributed by atoms with Crippen LogP contribution in [0.5, 0.6) is 0 Å². The van der Waals surface area contributed by atoms with Crippen LogP contribution in [0, 0.1) is 13.8 Å². The fourth-order valence-corrected chi connectivity index (χ4v) is 7.93. The van der Waals surface area contributed by atoms with E-state index in [0.717, 1.165) is 30.3 Å². The average Bonchev–Trinajstić information content (AvgIpc) is 3.03. The Balaban J connectivity index is 0.000000271. The molecule has 8 nitrogen and oxygen atoms in total. The van der Waals surface area contributed by atoms with Crippen LogP contribution >= 0.6 is 11.8 Å². The maximum Gasteiger partial charge on any atom is 0.152 e. The number of aromatic nitrogens is 1. The molecule has 0 spiro atoms. The molecule has 4 aliphatic heterocycles. The van der Waals surface area contributed by atoms with Gasteiger partial charge in [0.1, 0.15) is 0 Å². The van der Waals surface area contributed by atoms with Crippen LogP contribution in [-0.4, -0.2) is 152 Å². The molecule has 0 N–H and O–H groups in total. The Morgan fingerprint density at radius 1 is 0.644 bits per heavy atom. The molecule has 11 heteroatoms. The van der Waals surface area contributed by atoms with Gasteiger partial charge in [-0.05, 0) is 80.1 Å². The summed E-state index contributed by atoms with van der Waals surface area (Å²) in [5.41, 5.74) is 2.39. The second kappa shape index (κ2) is 25.7. The summed E-state index contributed by atoms with van der Waals surface area (Å²) in [6.45, 7) is 12.7. The van der Waals surface area contributed by atoms with Crippen molar-refractivity contribution in [2.45, 2.75) is 33.1 Å². The molecule has 4 fully saturated rings. The van der Waals surface area contributed by atoms with Crippen LogP contribution in [0.1, 0.15) is 30.5 Å². The van der Waals surface area contributed by atoms with Crippen molar-refractivity contribution in [1.82, 2.24) is 24.6 Å². The lowest BCUT2D eigenvalue weighted by Crippen LogP contribution is -2.37. The maximum atomic E-state index is 10.8. The van der Waals surface area contributed by atoms with Crippen molar-refractivity contribution in [1.29, 1.82) is 0 Å². The Morgan fingerprint density at radius 2 is 1.13 bits per heavy atom. The van der Waals surface area contributed by atoms with E-state index in [-0.39, 0.29) is 0 Å². The van der Waals surface area contributed by atoms with Gasteiger partial charge in [-0.3, -0.25) is 9.19 Å². The highest BCUT2D eigenvalue weighted by Gasteiger charge is 2.18. The second-order valence-corrected chi connectivity index (χ2v) is 17.2. The van der Waals surface area contributed by atoms with Gasteiger partial charge in [0.15, 0.2) is 9.84 Å². The van der Waals surface area contributed by atoms with E-state index in [9.17, 15) is 12.6 Å². The quantitative estimate of drug-likeness (QED) is 0.407. The molecule has 6 rings (SSSR count). The topological polar surface area (TPSA) is 77.1 Å². The zero-order chi connectivity index (χ0) is 33.3. The summed E-state index contributed by atoms with van der Waals surface area (Å²) < 4.78 is 32.2. The first-order chi connectivity index (χ1) is 21.5. The molecule has 5 heterocycles. The molecular weight excluding hydrogens is 623 g/mol. The number of pyridine rings is 1. The van der Waals surface area contributed by atoms with Crippen molar-refractivity contribution in [3.63, 3.8) is 0 Å². The zero-order valence-corrected chi connectivity index (χ0v) is 31.4. The summed E-state index contributed by atoms with van der Waals surface area (Å²) >= 11 is 2.06. The first kappa shape index (κ1) is 41.7. The van der Waals surface area contributed by atoms with E-state index < -0.39 is 20.6 Å². The molecule has 0 aliphatic carbocycles. The molecule has 4 aliphatic rings. The Bertz CT molecular complexity index is 1020. The van der Waals surface area contributed by atoms with Gasteiger partial charge in [0.05, 0.1) is 11.5 Å². The Kier molecular flexibility index (Phi) is 23.8. The first-order valence-corrected chi connectivity index (χ1v) is 20.7. The number of nitrogens with zero attached hydrogens (tertiary/aromatic N) is 5. The van der Waals surface area contributed by atoms with E-state index in [2.05, 4.69) is 71.6 Å². The number of thioether (sulfide) groups is 1. The number of benzene rings is 1. The summed E-state index contributed by atoms with van der Waals surface area (Å²) in [4.78, 5) is 13.0. The van der Waals surface area contributed by atoms with E-state index in [4.69, 9.17) is 0 Å². The van der Waals surface area contributed by atoms with Gasteiger partial charge in [0.2, 0.25) is 0 Å². The highest BCUT2D eigenvalue weighted by atomic mass is 32.2. The Labute approximate surface area is 282 Å². The number of hydrogen-bond donors (Lipinski definition) is 0. The van der Waals surface area contributed by atoms with E-state index >= 15 is 0 Å². The number of hydrogen-bond acceptors (Lipinski definition) is 9. The lowest BCUT2D eigenvalue weighted by atomic mass is 10.1. The van der Waals surface area contributed by atoms with Gasteiger partial charge in [0, 0.05) is 85.0 Å².